The van der Waals surface area contributed by atoms with E-state index in [1.807, 2.05) is 0 Å². The summed E-state index contributed by atoms with van der Waals surface area (Å²) in [5.74, 6) is -1.71. The first kappa shape index (κ1) is 23.9. The van der Waals surface area contributed by atoms with Crippen LogP contribution in [-0.4, -0.2) is 105 Å². The molecule has 4 saturated heterocycles. The van der Waals surface area contributed by atoms with Gasteiger partial charge in [0.05, 0.1) is 24.4 Å². The van der Waals surface area contributed by atoms with E-state index in [4.69, 9.17) is 23.7 Å². The fourth-order valence-electron chi connectivity index (χ4n) is 5.39. The van der Waals surface area contributed by atoms with Crippen molar-refractivity contribution >= 4 is 5.97 Å². The highest BCUT2D eigenvalue weighted by Gasteiger charge is 2.64. The van der Waals surface area contributed by atoms with Crippen LogP contribution < -0.4 is 0 Å². The third-order valence-electron chi connectivity index (χ3n) is 7.15. The fraction of sp³-hybridized carbons (Fsp3) is 0.682. The van der Waals surface area contributed by atoms with Gasteiger partial charge < -0.3 is 54.3 Å². The molecule has 0 radical (unpaired) electrons. The summed E-state index contributed by atoms with van der Waals surface area (Å²) in [5, 5.41) is 60.6. The van der Waals surface area contributed by atoms with Gasteiger partial charge in [0.2, 0.25) is 0 Å². The zero-order chi connectivity index (χ0) is 24.2. The van der Waals surface area contributed by atoms with Crippen LogP contribution in [0.3, 0.4) is 0 Å². The number of esters is 1. The summed E-state index contributed by atoms with van der Waals surface area (Å²) >= 11 is 0. The maximum atomic E-state index is 12.7. The van der Waals surface area contributed by atoms with Crippen molar-refractivity contribution in [2.45, 2.75) is 67.8 Å². The highest BCUT2D eigenvalue weighted by molar-refractivity contribution is 5.89. The van der Waals surface area contributed by atoms with Crippen LogP contribution in [0.4, 0.5) is 0 Å². The fourth-order valence-corrected chi connectivity index (χ4v) is 5.39. The minimum atomic E-state index is -1.64. The van der Waals surface area contributed by atoms with Crippen LogP contribution in [0.1, 0.15) is 23.2 Å². The Labute approximate surface area is 194 Å². The number of fused-ring (bicyclic) bond motifs is 2. The molecule has 5 fully saturated rings. The highest BCUT2D eigenvalue weighted by Crippen LogP contribution is 2.53. The average Bonchev–Trinajstić information content (AvgIpc) is 2.92. The summed E-state index contributed by atoms with van der Waals surface area (Å²) in [7, 11) is 0. The molecule has 6 rings (SSSR count). The second-order valence-electron chi connectivity index (χ2n) is 9.30. The van der Waals surface area contributed by atoms with E-state index in [2.05, 4.69) is 0 Å². The Kier molecular flexibility index (Phi) is 6.29. The number of ether oxygens (including phenoxy) is 5. The minimum absolute atomic E-state index is 0.0128. The van der Waals surface area contributed by atoms with Crippen molar-refractivity contribution in [2.75, 3.05) is 13.2 Å². The Bertz CT molecular complexity index is 892. The quantitative estimate of drug-likeness (QED) is 0.258. The van der Waals surface area contributed by atoms with Crippen LogP contribution in [0.5, 0.6) is 5.75 Å². The number of rotatable bonds is 5. The smallest absolute Gasteiger partial charge is 0.338 e. The average molecular weight is 484 g/mol. The number of aliphatic hydroxyl groups is 5. The molecular formula is C22H28O12. The molecule has 188 valence electrons. The van der Waals surface area contributed by atoms with Crippen LogP contribution in [0.25, 0.3) is 0 Å². The lowest BCUT2D eigenvalue weighted by Crippen LogP contribution is -2.61. The molecule has 6 N–H and O–H groups in total. The molecule has 4 bridgehead atoms. The molecule has 1 aromatic rings. The van der Waals surface area contributed by atoms with E-state index in [1.165, 1.54) is 24.3 Å². The standard InChI is InChI=1S/C22H28O12/c23-7-13-16(25)17(26)18(27)21(32-13)34-20-15-11-5-14(33-20)30-8-22(15,29)6-12(11)31-19(28)9-1-3-10(24)4-2-9/h1-4,11-18,20-21,23-27,29H,5-8H2/t11?,12-,13-,14+,15?,16-,17+,18-,20+,21+,22-/m1/s1. The van der Waals surface area contributed by atoms with E-state index in [0.29, 0.717) is 6.42 Å². The molecule has 12 heteroatoms. The Morgan fingerprint density at radius 2 is 1.79 bits per heavy atom. The summed E-state index contributed by atoms with van der Waals surface area (Å²) < 4.78 is 28.4. The van der Waals surface area contributed by atoms with E-state index in [-0.39, 0.29) is 24.3 Å². The molecule has 0 spiro atoms. The van der Waals surface area contributed by atoms with E-state index >= 15 is 0 Å². The summed E-state index contributed by atoms with van der Waals surface area (Å²) in [6.45, 7) is -0.700. The lowest BCUT2D eigenvalue weighted by molar-refractivity contribution is -0.370. The second-order valence-corrected chi connectivity index (χ2v) is 9.30. The maximum Gasteiger partial charge on any atom is 0.338 e. The number of aromatic hydroxyl groups is 1. The molecule has 4 aliphatic heterocycles. The minimum Gasteiger partial charge on any atom is -0.508 e. The number of hydrogen-bond donors (Lipinski definition) is 6. The third kappa shape index (κ3) is 4.08. The van der Waals surface area contributed by atoms with Gasteiger partial charge >= 0.3 is 5.97 Å². The molecule has 1 saturated carbocycles. The molecule has 4 heterocycles. The van der Waals surface area contributed by atoms with Crippen molar-refractivity contribution in [3.05, 3.63) is 29.8 Å². The predicted molar refractivity (Wildman–Crippen MR) is 108 cm³/mol. The van der Waals surface area contributed by atoms with Crippen molar-refractivity contribution in [1.82, 2.24) is 0 Å². The lowest BCUT2D eigenvalue weighted by atomic mass is 9.83. The van der Waals surface area contributed by atoms with Gasteiger partial charge in [-0.2, -0.15) is 0 Å². The van der Waals surface area contributed by atoms with Crippen LogP contribution in [-0.2, 0) is 23.7 Å². The van der Waals surface area contributed by atoms with Gasteiger partial charge in [-0.3, -0.25) is 0 Å². The van der Waals surface area contributed by atoms with E-state index in [1.54, 1.807) is 0 Å². The predicted octanol–water partition coefficient (Wildman–Crippen LogP) is -1.80. The highest BCUT2D eigenvalue weighted by atomic mass is 16.8. The van der Waals surface area contributed by atoms with Crippen molar-refractivity contribution in [3.8, 4) is 5.75 Å². The van der Waals surface area contributed by atoms with Gasteiger partial charge in [-0.25, -0.2) is 4.79 Å². The summed E-state index contributed by atoms with van der Waals surface area (Å²) in [6.07, 6.45) is -9.64. The van der Waals surface area contributed by atoms with Crippen LogP contribution in [0.2, 0.25) is 0 Å². The molecule has 11 atom stereocenters. The number of phenolic OH excluding ortho intramolecular Hbond substituents is 1. The van der Waals surface area contributed by atoms with E-state index in [9.17, 15) is 35.4 Å². The van der Waals surface area contributed by atoms with E-state index in [0.717, 1.165) is 0 Å². The van der Waals surface area contributed by atoms with Crippen LogP contribution >= 0.6 is 0 Å². The summed E-state index contributed by atoms with van der Waals surface area (Å²) in [5.41, 5.74) is -1.22. The number of carbonyl (C=O) groups excluding carboxylic acids is 1. The molecule has 5 aliphatic rings. The first-order valence-electron chi connectivity index (χ1n) is 11.2. The van der Waals surface area contributed by atoms with Crippen LogP contribution in [0.15, 0.2) is 24.3 Å². The SMILES string of the molecule is O=C(O[C@@H]1C[C@@]2(O)CO[C@@H]3CC1C2[C@H](O[C@@H]1O[C@H](CO)[C@@H](O)[C@H](O)[C@H]1O)O3)c1ccc(O)cc1. The molecule has 2 unspecified atom stereocenters. The van der Waals surface area contributed by atoms with Gasteiger partial charge in [0.15, 0.2) is 18.9 Å². The number of carbonyl (C=O) groups is 1. The van der Waals surface area contributed by atoms with Gasteiger partial charge in [-0.05, 0) is 24.3 Å². The number of benzene rings is 1. The van der Waals surface area contributed by atoms with Gasteiger partial charge in [-0.15, -0.1) is 0 Å². The summed E-state index contributed by atoms with van der Waals surface area (Å²) in [4.78, 5) is 12.7. The molecule has 34 heavy (non-hydrogen) atoms. The lowest BCUT2D eigenvalue weighted by Gasteiger charge is -2.44. The molecule has 12 nitrogen and oxygen atoms in total. The Morgan fingerprint density at radius 3 is 2.50 bits per heavy atom. The van der Waals surface area contributed by atoms with Gasteiger partial charge in [-0.1, -0.05) is 0 Å². The van der Waals surface area contributed by atoms with Crippen molar-refractivity contribution in [3.63, 3.8) is 0 Å². The number of phenols is 1. The van der Waals surface area contributed by atoms with E-state index < -0.39 is 79.4 Å². The Hall–Kier alpha value is -1.87. The molecule has 0 amide bonds. The maximum absolute atomic E-state index is 12.7. The van der Waals surface area contributed by atoms with Crippen molar-refractivity contribution in [1.29, 1.82) is 0 Å². The number of aliphatic hydroxyl groups excluding tert-OH is 4. The first-order chi connectivity index (χ1) is 16.2. The van der Waals surface area contributed by atoms with Crippen molar-refractivity contribution < 1.29 is 59.1 Å². The molecule has 1 aliphatic carbocycles. The molecule has 1 aromatic carbocycles. The molecule has 0 aromatic heterocycles. The normalized spacial score (nSPS) is 45.7. The van der Waals surface area contributed by atoms with Crippen LogP contribution in [0, 0.1) is 11.8 Å². The second kappa shape index (κ2) is 8.97. The summed E-state index contributed by atoms with van der Waals surface area (Å²) in [6, 6.07) is 5.61. The van der Waals surface area contributed by atoms with Gasteiger partial charge in [0.1, 0.15) is 36.3 Å². The van der Waals surface area contributed by atoms with Gasteiger partial charge in [0, 0.05) is 24.7 Å². The third-order valence-corrected chi connectivity index (χ3v) is 7.15. The monoisotopic (exact) mass is 484 g/mol. The Balaban J connectivity index is 1.34. The number of hydrogen-bond acceptors (Lipinski definition) is 12. The van der Waals surface area contributed by atoms with Gasteiger partial charge in [0.25, 0.3) is 0 Å². The van der Waals surface area contributed by atoms with Crippen molar-refractivity contribution in [2.24, 2.45) is 11.8 Å². The topological polar surface area (TPSA) is 185 Å². The zero-order valence-corrected chi connectivity index (χ0v) is 18.0. The zero-order valence-electron chi connectivity index (χ0n) is 18.0. The largest absolute Gasteiger partial charge is 0.508 e. The molecular weight excluding hydrogens is 456 g/mol. The Morgan fingerprint density at radius 1 is 1.06 bits per heavy atom. The first-order valence-corrected chi connectivity index (χ1v) is 11.2.